The quantitative estimate of drug-likeness (QED) is 0.726. The van der Waals surface area contributed by atoms with Crippen LogP contribution in [-0.4, -0.2) is 6.04 Å². The van der Waals surface area contributed by atoms with Crippen LogP contribution in [0, 0.1) is 12.8 Å². The van der Waals surface area contributed by atoms with Gasteiger partial charge in [-0.2, -0.15) is 0 Å². The topological polar surface area (TPSA) is 38.0 Å². The van der Waals surface area contributed by atoms with Crippen LogP contribution in [0.5, 0.6) is 0 Å². The van der Waals surface area contributed by atoms with Crippen molar-refractivity contribution in [1.82, 2.24) is 0 Å². The minimum absolute atomic E-state index is 0.656. The Balaban J connectivity index is 2.02. The zero-order valence-corrected chi connectivity index (χ0v) is 9.59. The van der Waals surface area contributed by atoms with Gasteiger partial charge < -0.3 is 11.1 Å². The average Bonchev–Trinajstić information content (AvgIpc) is 2.58. The fourth-order valence-electron chi connectivity index (χ4n) is 2.34. The summed E-state index contributed by atoms with van der Waals surface area (Å²) in [6, 6.07) is 6.85. The Morgan fingerprint density at radius 3 is 2.73 bits per heavy atom. The van der Waals surface area contributed by atoms with E-state index in [1.165, 1.54) is 24.9 Å². The molecule has 1 aliphatic rings. The summed E-state index contributed by atoms with van der Waals surface area (Å²) in [6.07, 6.45) is 3.94. The Bertz CT molecular complexity index is 346. The van der Waals surface area contributed by atoms with Gasteiger partial charge in [0.2, 0.25) is 0 Å². The predicted octanol–water partition coefficient (Wildman–Crippen LogP) is 3.18. The molecule has 1 saturated carbocycles. The molecule has 2 atom stereocenters. The van der Waals surface area contributed by atoms with Gasteiger partial charge in [-0.25, -0.2) is 0 Å². The van der Waals surface area contributed by atoms with Crippen molar-refractivity contribution in [2.45, 2.75) is 39.2 Å². The van der Waals surface area contributed by atoms with Gasteiger partial charge in [-0.3, -0.25) is 0 Å². The number of hydrogen-bond donors (Lipinski definition) is 2. The van der Waals surface area contributed by atoms with Gasteiger partial charge in [-0.05, 0) is 55.9 Å². The summed E-state index contributed by atoms with van der Waals surface area (Å²) in [5.41, 5.74) is 9.03. The van der Waals surface area contributed by atoms with E-state index in [1.54, 1.807) is 0 Å². The average molecular weight is 204 g/mol. The highest BCUT2D eigenvalue weighted by molar-refractivity contribution is 5.57. The normalized spacial score (nSPS) is 25.5. The van der Waals surface area contributed by atoms with Crippen molar-refractivity contribution in [3.63, 3.8) is 0 Å². The molecule has 0 aliphatic heterocycles. The van der Waals surface area contributed by atoms with Crippen LogP contribution < -0.4 is 11.1 Å². The third kappa shape index (κ3) is 2.44. The summed E-state index contributed by atoms with van der Waals surface area (Å²) in [4.78, 5) is 0. The molecule has 3 N–H and O–H groups in total. The Kier molecular flexibility index (Phi) is 2.85. The van der Waals surface area contributed by atoms with Crippen LogP contribution in [0.2, 0.25) is 0 Å². The third-order valence-electron chi connectivity index (χ3n) is 3.34. The maximum atomic E-state index is 5.79. The maximum absolute atomic E-state index is 5.79. The van der Waals surface area contributed by atoms with Crippen LogP contribution in [0.3, 0.4) is 0 Å². The number of nitrogens with two attached hydrogens (primary N) is 1. The van der Waals surface area contributed by atoms with Crippen molar-refractivity contribution in [2.75, 3.05) is 11.1 Å². The molecule has 2 unspecified atom stereocenters. The first-order chi connectivity index (χ1) is 7.15. The van der Waals surface area contributed by atoms with Gasteiger partial charge in [0.25, 0.3) is 0 Å². The number of aryl methyl sites for hydroxylation is 1. The minimum Gasteiger partial charge on any atom is -0.399 e. The molecule has 0 bridgehead atoms. The van der Waals surface area contributed by atoms with Crippen LogP contribution in [0.25, 0.3) is 0 Å². The highest BCUT2D eigenvalue weighted by Gasteiger charge is 2.20. The zero-order valence-electron chi connectivity index (χ0n) is 9.59. The van der Waals surface area contributed by atoms with Crippen molar-refractivity contribution in [2.24, 2.45) is 5.92 Å². The first-order valence-corrected chi connectivity index (χ1v) is 5.78. The highest BCUT2D eigenvalue weighted by Crippen LogP contribution is 2.28. The molecule has 1 aromatic rings. The van der Waals surface area contributed by atoms with Crippen molar-refractivity contribution < 1.29 is 0 Å². The van der Waals surface area contributed by atoms with Gasteiger partial charge >= 0.3 is 0 Å². The van der Waals surface area contributed by atoms with E-state index in [0.717, 1.165) is 17.2 Å². The third-order valence-corrected chi connectivity index (χ3v) is 3.34. The zero-order chi connectivity index (χ0) is 10.8. The first-order valence-electron chi connectivity index (χ1n) is 5.78. The number of nitrogen functional groups attached to an aromatic ring is 1. The van der Waals surface area contributed by atoms with Gasteiger partial charge in [0.1, 0.15) is 0 Å². The second-order valence-corrected chi connectivity index (χ2v) is 4.83. The van der Waals surface area contributed by atoms with Gasteiger partial charge in [0, 0.05) is 17.4 Å². The standard InChI is InChI=1S/C13H20N2/c1-9-3-4-11(7-9)15-12-5-6-13(14)10(2)8-12/h5-6,8-9,11,15H,3-4,7,14H2,1-2H3. The lowest BCUT2D eigenvalue weighted by Gasteiger charge is -2.15. The van der Waals surface area contributed by atoms with Gasteiger partial charge in [-0.1, -0.05) is 6.92 Å². The molecule has 0 spiro atoms. The lowest BCUT2D eigenvalue weighted by Crippen LogP contribution is -2.15. The number of nitrogens with one attached hydrogen (secondary N) is 1. The number of benzene rings is 1. The van der Waals surface area contributed by atoms with Gasteiger partial charge in [0.15, 0.2) is 0 Å². The van der Waals surface area contributed by atoms with E-state index in [1.807, 2.05) is 6.07 Å². The number of anilines is 2. The van der Waals surface area contributed by atoms with E-state index >= 15 is 0 Å². The molecule has 15 heavy (non-hydrogen) atoms. The summed E-state index contributed by atoms with van der Waals surface area (Å²) in [5.74, 6) is 0.873. The summed E-state index contributed by atoms with van der Waals surface area (Å²) in [6.45, 7) is 4.38. The lowest BCUT2D eigenvalue weighted by atomic mass is 10.1. The molecule has 82 valence electrons. The molecule has 1 fully saturated rings. The molecule has 2 heteroatoms. The molecule has 0 saturated heterocycles. The van der Waals surface area contributed by atoms with Crippen molar-refractivity contribution in [3.8, 4) is 0 Å². The molecule has 0 aromatic heterocycles. The monoisotopic (exact) mass is 204 g/mol. The van der Waals surface area contributed by atoms with E-state index in [0.29, 0.717) is 6.04 Å². The second kappa shape index (κ2) is 4.13. The SMILES string of the molecule is Cc1cc(NC2CCC(C)C2)ccc1N. The fraction of sp³-hybridized carbons (Fsp3) is 0.538. The van der Waals surface area contributed by atoms with E-state index in [9.17, 15) is 0 Å². The van der Waals surface area contributed by atoms with E-state index in [2.05, 4.69) is 31.3 Å². The predicted molar refractivity (Wildman–Crippen MR) is 66.0 cm³/mol. The molecule has 1 aliphatic carbocycles. The summed E-state index contributed by atoms with van der Waals surface area (Å²) in [7, 11) is 0. The van der Waals surface area contributed by atoms with Crippen LogP contribution >= 0.6 is 0 Å². The highest BCUT2D eigenvalue weighted by atomic mass is 14.9. The lowest BCUT2D eigenvalue weighted by molar-refractivity contribution is 0.602. The molecule has 0 radical (unpaired) electrons. The van der Waals surface area contributed by atoms with Crippen molar-refractivity contribution >= 4 is 11.4 Å². The molecular weight excluding hydrogens is 184 g/mol. The number of rotatable bonds is 2. The summed E-state index contributed by atoms with van der Waals surface area (Å²) < 4.78 is 0. The van der Waals surface area contributed by atoms with Crippen molar-refractivity contribution in [3.05, 3.63) is 23.8 Å². The van der Waals surface area contributed by atoms with E-state index in [-0.39, 0.29) is 0 Å². The molecule has 1 aromatic carbocycles. The molecular formula is C13H20N2. The smallest absolute Gasteiger partial charge is 0.0346 e. The van der Waals surface area contributed by atoms with Crippen molar-refractivity contribution in [1.29, 1.82) is 0 Å². The second-order valence-electron chi connectivity index (χ2n) is 4.83. The fourth-order valence-corrected chi connectivity index (χ4v) is 2.34. The summed E-state index contributed by atoms with van der Waals surface area (Å²) >= 11 is 0. The van der Waals surface area contributed by atoms with Gasteiger partial charge in [-0.15, -0.1) is 0 Å². The largest absolute Gasteiger partial charge is 0.399 e. The van der Waals surface area contributed by atoms with Crippen LogP contribution in [0.15, 0.2) is 18.2 Å². The maximum Gasteiger partial charge on any atom is 0.0346 e. The molecule has 0 amide bonds. The van der Waals surface area contributed by atoms with E-state index in [4.69, 9.17) is 5.73 Å². The Hall–Kier alpha value is -1.18. The summed E-state index contributed by atoms with van der Waals surface area (Å²) in [5, 5.41) is 3.58. The minimum atomic E-state index is 0.656. The molecule has 0 heterocycles. The number of hydrogen-bond acceptors (Lipinski definition) is 2. The Labute approximate surface area is 91.9 Å². The first kappa shape index (κ1) is 10.3. The van der Waals surface area contributed by atoms with Crippen LogP contribution in [-0.2, 0) is 0 Å². The Morgan fingerprint density at radius 1 is 1.33 bits per heavy atom. The van der Waals surface area contributed by atoms with Crippen LogP contribution in [0.4, 0.5) is 11.4 Å². The van der Waals surface area contributed by atoms with E-state index < -0.39 is 0 Å². The van der Waals surface area contributed by atoms with Crippen LogP contribution in [0.1, 0.15) is 31.7 Å². The Morgan fingerprint density at radius 2 is 2.13 bits per heavy atom. The van der Waals surface area contributed by atoms with Gasteiger partial charge in [0.05, 0.1) is 0 Å². The molecule has 2 nitrogen and oxygen atoms in total. The molecule has 2 rings (SSSR count).